The highest BCUT2D eigenvalue weighted by atomic mass is 35.5. The van der Waals surface area contributed by atoms with Crippen molar-refractivity contribution in [3.05, 3.63) is 59.2 Å². The smallest absolute Gasteiger partial charge is 0.225 e. The van der Waals surface area contributed by atoms with Gasteiger partial charge >= 0.3 is 0 Å². The summed E-state index contributed by atoms with van der Waals surface area (Å²) in [6.45, 7) is 0. The maximum absolute atomic E-state index is 12.1. The lowest BCUT2D eigenvalue weighted by Crippen LogP contribution is -2.20. The van der Waals surface area contributed by atoms with Crippen LogP contribution in [-0.2, 0) is 4.79 Å². The van der Waals surface area contributed by atoms with Crippen LogP contribution >= 0.6 is 11.6 Å². The second kappa shape index (κ2) is 7.60. The molecule has 120 valence electrons. The lowest BCUT2D eigenvalue weighted by atomic mass is 9.77. The molecule has 0 radical (unpaired) electrons. The van der Waals surface area contributed by atoms with Crippen molar-refractivity contribution in [2.75, 3.05) is 5.32 Å². The molecule has 23 heavy (non-hydrogen) atoms. The second-order valence-corrected chi connectivity index (χ2v) is 6.68. The fourth-order valence-corrected chi connectivity index (χ4v) is 3.44. The molecule has 3 nitrogen and oxygen atoms in total. The summed E-state index contributed by atoms with van der Waals surface area (Å²) in [4.78, 5) is 16.2. The average molecular weight is 329 g/mol. The van der Waals surface area contributed by atoms with Gasteiger partial charge in [-0.2, -0.15) is 0 Å². The number of anilines is 1. The number of carbonyl (C=O) groups excluding carboxylic acids is 1. The van der Waals surface area contributed by atoms with E-state index in [2.05, 4.69) is 40.6 Å². The number of carbonyl (C=O) groups is 1. The molecule has 2 aromatic rings. The van der Waals surface area contributed by atoms with Gasteiger partial charge in [0.15, 0.2) is 0 Å². The van der Waals surface area contributed by atoms with Crippen molar-refractivity contribution in [1.82, 2.24) is 4.98 Å². The number of aromatic nitrogens is 1. The third-order valence-electron chi connectivity index (χ3n) is 4.59. The molecule has 1 aromatic heterocycles. The Bertz CT molecular complexity index is 634. The minimum atomic E-state index is 0.0444. The maximum atomic E-state index is 12.1. The van der Waals surface area contributed by atoms with E-state index < -0.39 is 0 Å². The SMILES string of the molecule is O=C(C[C@H]1CC[C@H](c2ccccc2)CC1)Nc1ccc(Cl)cn1. The van der Waals surface area contributed by atoms with Gasteiger partial charge in [0.2, 0.25) is 5.91 Å². The van der Waals surface area contributed by atoms with Crippen molar-refractivity contribution in [3.8, 4) is 0 Å². The third kappa shape index (κ3) is 4.55. The topological polar surface area (TPSA) is 42.0 Å². The van der Waals surface area contributed by atoms with Crippen LogP contribution in [0.15, 0.2) is 48.7 Å². The zero-order valence-electron chi connectivity index (χ0n) is 13.0. The van der Waals surface area contributed by atoms with Crippen LogP contribution in [-0.4, -0.2) is 10.9 Å². The minimum Gasteiger partial charge on any atom is -0.311 e. The molecule has 3 rings (SSSR count). The molecule has 1 amide bonds. The van der Waals surface area contributed by atoms with Crippen LogP contribution in [0.2, 0.25) is 5.02 Å². The molecule has 0 spiro atoms. The van der Waals surface area contributed by atoms with Gasteiger partial charge < -0.3 is 5.32 Å². The van der Waals surface area contributed by atoms with Crippen LogP contribution < -0.4 is 5.32 Å². The molecule has 0 atom stereocenters. The van der Waals surface area contributed by atoms with Crippen LogP contribution in [0.1, 0.15) is 43.6 Å². The number of nitrogens with zero attached hydrogens (tertiary/aromatic N) is 1. The summed E-state index contributed by atoms with van der Waals surface area (Å²) in [5.41, 5.74) is 1.43. The molecular weight excluding hydrogens is 308 g/mol. The van der Waals surface area contributed by atoms with Gasteiger partial charge in [0, 0.05) is 12.6 Å². The first kappa shape index (κ1) is 16.0. The van der Waals surface area contributed by atoms with E-state index in [0.717, 1.165) is 12.8 Å². The van der Waals surface area contributed by atoms with Crippen LogP contribution in [0.25, 0.3) is 0 Å². The summed E-state index contributed by atoms with van der Waals surface area (Å²) in [7, 11) is 0. The lowest BCUT2D eigenvalue weighted by molar-refractivity contribution is -0.117. The molecule has 0 saturated heterocycles. The number of rotatable bonds is 4. The molecule has 0 unspecified atom stereocenters. The third-order valence-corrected chi connectivity index (χ3v) is 4.81. The van der Waals surface area contributed by atoms with E-state index in [9.17, 15) is 4.79 Å². The fraction of sp³-hybridized carbons (Fsp3) is 0.368. The summed E-state index contributed by atoms with van der Waals surface area (Å²) in [5, 5.41) is 3.42. The van der Waals surface area contributed by atoms with Gasteiger partial charge in [0.25, 0.3) is 0 Å². The Morgan fingerprint density at radius 2 is 1.83 bits per heavy atom. The Morgan fingerprint density at radius 1 is 1.09 bits per heavy atom. The molecule has 1 N–H and O–H groups in total. The van der Waals surface area contributed by atoms with Gasteiger partial charge in [0.05, 0.1) is 5.02 Å². The van der Waals surface area contributed by atoms with Crippen LogP contribution in [0.3, 0.4) is 0 Å². The quantitative estimate of drug-likeness (QED) is 0.854. The zero-order valence-corrected chi connectivity index (χ0v) is 13.8. The molecule has 4 heteroatoms. The first-order valence-corrected chi connectivity index (χ1v) is 8.55. The summed E-state index contributed by atoms with van der Waals surface area (Å²) >= 11 is 5.79. The number of halogens is 1. The largest absolute Gasteiger partial charge is 0.311 e. The number of hydrogen-bond donors (Lipinski definition) is 1. The van der Waals surface area contributed by atoms with E-state index in [4.69, 9.17) is 11.6 Å². The first-order chi connectivity index (χ1) is 11.2. The van der Waals surface area contributed by atoms with Gasteiger partial charge in [-0.3, -0.25) is 4.79 Å². The summed E-state index contributed by atoms with van der Waals surface area (Å²) in [5.74, 6) is 1.73. The number of hydrogen-bond acceptors (Lipinski definition) is 2. The van der Waals surface area contributed by atoms with Crippen LogP contribution in [0.4, 0.5) is 5.82 Å². The molecule has 1 fully saturated rings. The standard InChI is InChI=1S/C19H21ClN2O/c20-17-10-11-18(21-13-17)22-19(23)12-14-6-8-16(9-7-14)15-4-2-1-3-5-15/h1-5,10-11,13-14,16H,6-9,12H2,(H,21,22,23)/t14-,16-. The predicted octanol–water partition coefficient (Wildman–Crippen LogP) is 5.04. The van der Waals surface area contributed by atoms with Crippen molar-refractivity contribution in [2.45, 2.75) is 38.0 Å². The summed E-state index contributed by atoms with van der Waals surface area (Å²) in [6, 6.07) is 14.2. The van der Waals surface area contributed by atoms with E-state index >= 15 is 0 Å². The van der Waals surface area contributed by atoms with Gasteiger partial charge in [-0.15, -0.1) is 0 Å². The van der Waals surface area contributed by atoms with Gasteiger partial charge in [0.1, 0.15) is 5.82 Å². The Balaban J connectivity index is 1.47. The molecule has 1 aliphatic rings. The van der Waals surface area contributed by atoms with Crippen molar-refractivity contribution in [1.29, 1.82) is 0 Å². The first-order valence-electron chi connectivity index (χ1n) is 8.17. The number of benzene rings is 1. The molecule has 1 heterocycles. The highest BCUT2D eigenvalue weighted by molar-refractivity contribution is 6.30. The number of pyridine rings is 1. The van der Waals surface area contributed by atoms with E-state index in [1.165, 1.54) is 18.4 Å². The maximum Gasteiger partial charge on any atom is 0.225 e. The van der Waals surface area contributed by atoms with E-state index in [1.54, 1.807) is 18.3 Å². The fourth-order valence-electron chi connectivity index (χ4n) is 3.33. The summed E-state index contributed by atoms with van der Waals surface area (Å²) in [6.07, 6.45) is 6.68. The molecule has 1 aliphatic carbocycles. The molecule has 0 aliphatic heterocycles. The van der Waals surface area contributed by atoms with Gasteiger partial charge in [-0.25, -0.2) is 4.98 Å². The predicted molar refractivity (Wildman–Crippen MR) is 93.6 cm³/mol. The summed E-state index contributed by atoms with van der Waals surface area (Å²) < 4.78 is 0. The Morgan fingerprint density at radius 3 is 2.48 bits per heavy atom. The Labute approximate surface area is 142 Å². The highest BCUT2D eigenvalue weighted by Gasteiger charge is 2.24. The monoisotopic (exact) mass is 328 g/mol. The number of nitrogens with one attached hydrogen (secondary N) is 1. The van der Waals surface area contributed by atoms with Crippen LogP contribution in [0, 0.1) is 5.92 Å². The second-order valence-electron chi connectivity index (χ2n) is 6.24. The van der Waals surface area contributed by atoms with Crippen molar-refractivity contribution >= 4 is 23.3 Å². The van der Waals surface area contributed by atoms with E-state index in [-0.39, 0.29) is 5.91 Å². The zero-order chi connectivity index (χ0) is 16.1. The van der Waals surface area contributed by atoms with E-state index in [1.807, 2.05) is 0 Å². The van der Waals surface area contributed by atoms with Gasteiger partial charge in [-0.05, 0) is 55.2 Å². The number of amides is 1. The van der Waals surface area contributed by atoms with Crippen LogP contribution in [0.5, 0.6) is 0 Å². The Kier molecular flexibility index (Phi) is 5.29. The van der Waals surface area contributed by atoms with Crippen molar-refractivity contribution in [3.63, 3.8) is 0 Å². The minimum absolute atomic E-state index is 0.0444. The van der Waals surface area contributed by atoms with Gasteiger partial charge in [-0.1, -0.05) is 41.9 Å². The Hall–Kier alpha value is -1.87. The molecular formula is C19H21ClN2O. The normalized spacial score (nSPS) is 20.9. The van der Waals surface area contributed by atoms with Crippen molar-refractivity contribution in [2.24, 2.45) is 5.92 Å². The molecule has 0 bridgehead atoms. The van der Waals surface area contributed by atoms with E-state index in [0.29, 0.717) is 29.1 Å². The lowest BCUT2D eigenvalue weighted by Gasteiger charge is -2.28. The molecule has 1 aromatic carbocycles. The van der Waals surface area contributed by atoms with Crippen molar-refractivity contribution < 1.29 is 4.79 Å². The molecule has 1 saturated carbocycles. The average Bonchev–Trinajstić information content (AvgIpc) is 2.58. The highest BCUT2D eigenvalue weighted by Crippen LogP contribution is 2.36.